The van der Waals surface area contributed by atoms with Gasteiger partial charge in [-0.1, -0.05) is 29.3 Å². The van der Waals surface area contributed by atoms with Crippen molar-refractivity contribution in [2.24, 2.45) is 5.92 Å². The van der Waals surface area contributed by atoms with E-state index in [2.05, 4.69) is 9.97 Å². The van der Waals surface area contributed by atoms with Crippen LogP contribution in [0, 0.1) is 24.2 Å². The average molecular weight is 481 g/mol. The quantitative estimate of drug-likeness (QED) is 0.495. The van der Waals surface area contributed by atoms with Crippen LogP contribution in [-0.2, 0) is 0 Å². The Bertz CT molecular complexity index is 1190. The number of ether oxygens (including phenoxy) is 1. The zero-order chi connectivity index (χ0) is 23.5. The van der Waals surface area contributed by atoms with Gasteiger partial charge in [0.15, 0.2) is 0 Å². The third-order valence-corrected chi connectivity index (χ3v) is 6.70. The van der Waals surface area contributed by atoms with Crippen LogP contribution in [0.15, 0.2) is 54.9 Å². The number of halogens is 2. The van der Waals surface area contributed by atoms with E-state index in [4.69, 9.17) is 33.2 Å². The molecule has 3 aromatic rings. The molecule has 6 nitrogen and oxygen atoms in total. The topological polar surface area (TPSA) is 79.1 Å². The number of likely N-dealkylation sites (tertiary alicyclic amines) is 1. The predicted molar refractivity (Wildman–Crippen MR) is 127 cm³/mol. The molecule has 1 fully saturated rings. The van der Waals surface area contributed by atoms with Crippen LogP contribution in [0.4, 0.5) is 0 Å². The molecule has 33 heavy (non-hydrogen) atoms. The summed E-state index contributed by atoms with van der Waals surface area (Å²) in [4.78, 5) is 23.5. The molecule has 2 aromatic heterocycles. The van der Waals surface area contributed by atoms with Crippen LogP contribution >= 0.6 is 23.2 Å². The molecule has 4 rings (SSSR count). The van der Waals surface area contributed by atoms with E-state index >= 15 is 0 Å². The minimum atomic E-state index is -0.251. The van der Waals surface area contributed by atoms with Crippen molar-refractivity contribution in [2.75, 3.05) is 13.1 Å². The van der Waals surface area contributed by atoms with Gasteiger partial charge in [-0.25, -0.2) is 4.98 Å². The van der Waals surface area contributed by atoms with E-state index in [1.165, 1.54) is 6.20 Å². The van der Waals surface area contributed by atoms with E-state index in [-0.39, 0.29) is 23.8 Å². The lowest BCUT2D eigenvalue weighted by Crippen LogP contribution is -2.32. The molecule has 1 saturated heterocycles. The molecule has 168 valence electrons. The number of carbonyl (C=O) groups excluding carboxylic acids is 1. The maximum Gasteiger partial charge on any atom is 0.255 e. The summed E-state index contributed by atoms with van der Waals surface area (Å²) in [5, 5.41) is 9.94. The third kappa shape index (κ3) is 5.11. The second-order valence-electron chi connectivity index (χ2n) is 8.16. The molecule has 0 radical (unpaired) electrons. The van der Waals surface area contributed by atoms with Gasteiger partial charge in [-0.05, 0) is 49.7 Å². The van der Waals surface area contributed by atoms with Crippen molar-refractivity contribution in [3.05, 3.63) is 87.3 Å². The van der Waals surface area contributed by atoms with Crippen molar-refractivity contribution in [1.82, 2.24) is 14.9 Å². The average Bonchev–Trinajstić information content (AvgIpc) is 3.27. The number of rotatable bonds is 5. The van der Waals surface area contributed by atoms with Crippen molar-refractivity contribution >= 4 is 29.1 Å². The summed E-state index contributed by atoms with van der Waals surface area (Å²) in [6, 6.07) is 14.6. The number of aromatic nitrogens is 2. The Morgan fingerprint density at radius 3 is 2.58 bits per heavy atom. The highest BCUT2D eigenvalue weighted by Gasteiger charge is 2.40. The summed E-state index contributed by atoms with van der Waals surface area (Å²) < 4.78 is 6.12. The molecule has 3 atom stereocenters. The first-order valence-electron chi connectivity index (χ1n) is 10.6. The molecule has 1 aliphatic rings. The van der Waals surface area contributed by atoms with E-state index in [1.54, 1.807) is 30.5 Å². The zero-order valence-corrected chi connectivity index (χ0v) is 19.7. The summed E-state index contributed by atoms with van der Waals surface area (Å²) >= 11 is 12.4. The highest BCUT2D eigenvalue weighted by Crippen LogP contribution is 2.38. The summed E-state index contributed by atoms with van der Waals surface area (Å²) in [5.41, 5.74) is 2.87. The van der Waals surface area contributed by atoms with Gasteiger partial charge in [-0.3, -0.25) is 9.78 Å². The number of carbonyl (C=O) groups is 1. The highest BCUT2D eigenvalue weighted by atomic mass is 35.5. The number of pyridine rings is 2. The molecule has 1 aliphatic heterocycles. The van der Waals surface area contributed by atoms with E-state index < -0.39 is 0 Å². The van der Waals surface area contributed by atoms with Crippen molar-refractivity contribution in [3.8, 4) is 11.9 Å². The molecule has 1 amide bonds. The molecule has 0 unspecified atom stereocenters. The van der Waals surface area contributed by atoms with Crippen LogP contribution in [0.1, 0.15) is 40.0 Å². The number of amides is 1. The van der Waals surface area contributed by atoms with Gasteiger partial charge in [-0.15, -0.1) is 0 Å². The summed E-state index contributed by atoms with van der Waals surface area (Å²) in [6.07, 6.45) is 2.84. The van der Waals surface area contributed by atoms with Crippen molar-refractivity contribution in [2.45, 2.75) is 25.9 Å². The van der Waals surface area contributed by atoms with Crippen LogP contribution in [0.3, 0.4) is 0 Å². The van der Waals surface area contributed by atoms with Crippen LogP contribution in [0.5, 0.6) is 5.88 Å². The Hall–Kier alpha value is -3.14. The third-order valence-electron chi connectivity index (χ3n) is 5.96. The van der Waals surface area contributed by atoms with E-state index in [1.807, 2.05) is 43.0 Å². The van der Waals surface area contributed by atoms with Crippen molar-refractivity contribution < 1.29 is 9.53 Å². The number of nitriles is 1. The molecular weight excluding hydrogens is 459 g/mol. The molecule has 3 heterocycles. The van der Waals surface area contributed by atoms with Crippen LogP contribution in [-0.4, -0.2) is 40.0 Å². The lowest BCUT2D eigenvalue weighted by molar-refractivity contribution is 0.0769. The summed E-state index contributed by atoms with van der Waals surface area (Å²) in [7, 11) is 0. The van der Waals surface area contributed by atoms with E-state index in [9.17, 15) is 4.79 Å². The van der Waals surface area contributed by atoms with Gasteiger partial charge < -0.3 is 9.64 Å². The minimum absolute atomic E-state index is 0.00416. The van der Waals surface area contributed by atoms with Gasteiger partial charge in [-0.2, -0.15) is 5.26 Å². The summed E-state index contributed by atoms with van der Waals surface area (Å²) in [6.45, 7) is 4.88. The number of hydrogen-bond donors (Lipinski definition) is 0. The lowest BCUT2D eigenvalue weighted by atomic mass is 9.86. The lowest BCUT2D eigenvalue weighted by Gasteiger charge is -2.25. The smallest absolute Gasteiger partial charge is 0.255 e. The standard InChI is InChI=1S/C25H22Cl2N4O2/c1-15-3-5-19(12-29-15)25(32)31-13-20(16(2)33-24-8-4-17(10-28)11-30-24)21(14-31)18-6-7-22(26)23(27)9-18/h3-9,11-12,16,20-21H,13-14H2,1-2H3/t16-,20+,21+/m0/s1. The second-order valence-corrected chi connectivity index (χ2v) is 8.98. The second kappa shape index (κ2) is 9.78. The maximum atomic E-state index is 13.2. The van der Waals surface area contributed by atoms with Gasteiger partial charge in [0.25, 0.3) is 5.91 Å². The molecule has 0 aliphatic carbocycles. The minimum Gasteiger partial charge on any atom is -0.474 e. The SMILES string of the molecule is Cc1ccc(C(=O)N2C[C@H]([C@H](C)Oc3ccc(C#N)cn3)[C@@H](c3ccc(Cl)c(Cl)c3)C2)cn1. The molecule has 8 heteroatoms. The Labute approximate surface area is 202 Å². The molecular formula is C25H22Cl2N4O2. The van der Waals surface area contributed by atoms with Crippen LogP contribution in [0.25, 0.3) is 0 Å². The Kier molecular flexibility index (Phi) is 6.83. The zero-order valence-electron chi connectivity index (χ0n) is 18.2. The Morgan fingerprint density at radius 2 is 1.94 bits per heavy atom. The number of benzene rings is 1. The van der Waals surface area contributed by atoms with E-state index in [0.29, 0.717) is 40.1 Å². The first kappa shape index (κ1) is 23.0. The fourth-order valence-electron chi connectivity index (χ4n) is 4.14. The largest absolute Gasteiger partial charge is 0.474 e. The van der Waals surface area contributed by atoms with Gasteiger partial charge >= 0.3 is 0 Å². The highest BCUT2D eigenvalue weighted by molar-refractivity contribution is 6.42. The predicted octanol–water partition coefficient (Wildman–Crippen LogP) is 5.29. The Morgan fingerprint density at radius 1 is 1.12 bits per heavy atom. The normalized spacial score (nSPS) is 18.6. The first-order valence-corrected chi connectivity index (χ1v) is 11.3. The fourth-order valence-corrected chi connectivity index (χ4v) is 4.44. The summed E-state index contributed by atoms with van der Waals surface area (Å²) in [5.74, 6) is 0.346. The van der Waals surface area contributed by atoms with Gasteiger partial charge in [0.05, 0.1) is 21.2 Å². The maximum absolute atomic E-state index is 13.2. The van der Waals surface area contributed by atoms with Crippen molar-refractivity contribution in [3.63, 3.8) is 0 Å². The van der Waals surface area contributed by atoms with E-state index in [0.717, 1.165) is 11.3 Å². The van der Waals surface area contributed by atoms with Gasteiger partial charge in [0, 0.05) is 49.1 Å². The van der Waals surface area contributed by atoms with Crippen LogP contribution in [0.2, 0.25) is 10.0 Å². The molecule has 0 bridgehead atoms. The van der Waals surface area contributed by atoms with Gasteiger partial charge in [0.2, 0.25) is 5.88 Å². The molecule has 0 spiro atoms. The van der Waals surface area contributed by atoms with Crippen LogP contribution < -0.4 is 4.74 Å². The van der Waals surface area contributed by atoms with Crippen molar-refractivity contribution in [1.29, 1.82) is 5.26 Å². The molecule has 1 aromatic carbocycles. The monoisotopic (exact) mass is 480 g/mol. The number of aryl methyl sites for hydroxylation is 1. The molecule has 0 saturated carbocycles. The number of hydrogen-bond acceptors (Lipinski definition) is 5. The van der Waals surface area contributed by atoms with Gasteiger partial charge in [0.1, 0.15) is 12.2 Å². The fraction of sp³-hybridized carbons (Fsp3) is 0.280. The number of nitrogens with zero attached hydrogens (tertiary/aromatic N) is 4. The Balaban J connectivity index is 1.60. The molecule has 0 N–H and O–H groups in total. The first-order chi connectivity index (χ1) is 15.9.